The summed E-state index contributed by atoms with van der Waals surface area (Å²) < 4.78 is 0. The van der Waals surface area contributed by atoms with E-state index >= 15 is 0 Å². The van der Waals surface area contributed by atoms with Crippen LogP contribution in [0.2, 0.25) is 0 Å². The topological polar surface area (TPSA) is 75.4 Å². The molecule has 0 saturated carbocycles. The van der Waals surface area contributed by atoms with Crippen molar-refractivity contribution >= 4 is 0 Å². The molecule has 0 amide bonds. The van der Waals surface area contributed by atoms with Crippen LogP contribution < -0.4 is 0 Å². The number of pyridine rings is 4. The van der Waals surface area contributed by atoms with Crippen LogP contribution in [0.1, 0.15) is 19.3 Å². The maximum atomic E-state index is 6.46. The number of terminal acetylenes is 2. The van der Waals surface area contributed by atoms with Crippen molar-refractivity contribution in [2.24, 2.45) is 0 Å². The number of nitrogens with zero attached hydrogens (tertiary/aromatic N) is 4. The van der Waals surface area contributed by atoms with E-state index in [0.29, 0.717) is 13.0 Å². The van der Waals surface area contributed by atoms with Gasteiger partial charge < -0.3 is 12.7 Å². The average molecular weight is 549 g/mol. The van der Waals surface area contributed by atoms with Gasteiger partial charge >= 0.3 is 19.5 Å². The molecule has 0 aliphatic rings. The van der Waals surface area contributed by atoms with E-state index in [1.165, 1.54) is 0 Å². The summed E-state index contributed by atoms with van der Waals surface area (Å²) in [7, 11) is 0. The predicted octanol–water partition coefficient (Wildman–Crippen LogP) is 6.58. The Labute approximate surface area is 222 Å². The normalized spacial score (nSPS) is 8.46. The van der Waals surface area contributed by atoms with E-state index in [-0.39, 0.29) is 19.5 Å². The molecule has 0 aromatic carbocycles. The maximum Gasteiger partial charge on any atom is 4.00 e. The van der Waals surface area contributed by atoms with Crippen molar-refractivity contribution in [2.75, 3.05) is 6.54 Å². The van der Waals surface area contributed by atoms with E-state index in [1.807, 2.05) is 72.8 Å². The van der Waals surface area contributed by atoms with Gasteiger partial charge in [-0.3, -0.25) is 19.9 Å². The molecule has 4 heterocycles. The predicted molar refractivity (Wildman–Crippen MR) is 141 cm³/mol. The van der Waals surface area contributed by atoms with Crippen molar-refractivity contribution in [1.82, 2.24) is 19.9 Å². The third kappa shape index (κ3) is 14.9. The van der Waals surface area contributed by atoms with Gasteiger partial charge in [-0.2, -0.15) is 6.42 Å². The first-order valence-corrected chi connectivity index (χ1v) is 10.7. The zero-order valence-corrected chi connectivity index (χ0v) is 21.3. The van der Waals surface area contributed by atoms with Crippen LogP contribution in [0.3, 0.4) is 0 Å². The Hall–Kier alpha value is -3.70. The van der Waals surface area contributed by atoms with E-state index in [0.717, 1.165) is 35.6 Å². The Bertz CT molecular complexity index is 912. The molecule has 0 saturated heterocycles. The van der Waals surface area contributed by atoms with Gasteiger partial charge in [-0.15, -0.1) is 31.2 Å². The molecule has 0 radical (unpaired) electrons. The van der Waals surface area contributed by atoms with Crippen LogP contribution in [0.4, 0.5) is 0 Å². The molecule has 6 heteroatoms. The smallest absolute Gasteiger partial charge is 0.677 e. The van der Waals surface area contributed by atoms with Crippen LogP contribution in [0, 0.1) is 31.6 Å². The van der Waals surface area contributed by atoms with Crippen molar-refractivity contribution < 1.29 is 19.5 Å². The molecule has 0 bridgehead atoms. The summed E-state index contributed by atoms with van der Waals surface area (Å²) in [5.41, 5.74) is 10.1. The summed E-state index contributed by atoms with van der Waals surface area (Å²) in [5.74, 6) is 4.78. The minimum atomic E-state index is 0. The summed E-state index contributed by atoms with van der Waals surface area (Å²) >= 11 is 0. The molecule has 0 unspecified atom stereocenters. The molecule has 0 aliphatic heterocycles. The molecule has 4 aromatic heterocycles. The minimum absolute atomic E-state index is 0. The average Bonchev–Trinajstić information content (AvgIpc) is 2.93. The summed E-state index contributed by atoms with van der Waals surface area (Å²) in [6.07, 6.45) is 18.9. The molecule has 5 nitrogen and oxygen atoms in total. The Morgan fingerprint density at radius 1 is 0.600 bits per heavy atom. The molecule has 0 fully saturated rings. The van der Waals surface area contributed by atoms with Gasteiger partial charge in [0.1, 0.15) is 0 Å². The van der Waals surface area contributed by atoms with Gasteiger partial charge in [0, 0.05) is 24.8 Å². The third-order valence-electron chi connectivity index (χ3n) is 3.77. The van der Waals surface area contributed by atoms with Gasteiger partial charge in [0.2, 0.25) is 0 Å². The summed E-state index contributed by atoms with van der Waals surface area (Å²) in [6.45, 7) is 3.89. The second kappa shape index (κ2) is 22.1. The Kier molecular flexibility index (Phi) is 19.8. The van der Waals surface area contributed by atoms with Crippen molar-refractivity contribution in [3.63, 3.8) is 0 Å². The van der Waals surface area contributed by atoms with E-state index in [2.05, 4.69) is 38.7 Å². The quantitative estimate of drug-likeness (QED) is 0.164. The van der Waals surface area contributed by atoms with Crippen LogP contribution in [-0.4, -0.2) is 26.5 Å². The largest absolute Gasteiger partial charge is 4.00 e. The monoisotopic (exact) mass is 549 g/mol. The maximum absolute atomic E-state index is 6.46. The van der Waals surface area contributed by atoms with Gasteiger partial charge in [0.05, 0.1) is 22.8 Å². The molecule has 35 heavy (non-hydrogen) atoms. The zero-order valence-electron chi connectivity index (χ0n) is 19.6. The standard InChI is InChI=1S/2C10H8N2.C5H7.C4H6N.Ru/c2*1-3-7-11-9(5-1)10-6-2-4-8-12-10;1-3-5-4-2;1-2-3-4-5;/h2*1-8H;1H,2,4-5H2;1,5H,3-4H2;/q;;2*-1;+4. The minimum Gasteiger partial charge on any atom is -0.677 e. The fourth-order valence-electron chi connectivity index (χ4n) is 2.23. The third-order valence-corrected chi connectivity index (χ3v) is 3.77. The SMILES string of the molecule is C#CCC[CH2-].C#CCC[NH-].[Ru+4].c1ccc(-c2ccccn2)nc1.c1ccc(-c2ccccn2)nc1. The Balaban J connectivity index is 0.000000475. The molecular formula is C29H29N5Ru+2. The fourth-order valence-corrected chi connectivity index (χ4v) is 2.23. The molecule has 0 spiro atoms. The summed E-state index contributed by atoms with van der Waals surface area (Å²) in [5, 5.41) is 0. The van der Waals surface area contributed by atoms with E-state index in [1.54, 1.807) is 24.8 Å². The van der Waals surface area contributed by atoms with Crippen LogP contribution in [0.15, 0.2) is 97.6 Å². The number of unbranched alkanes of at least 4 members (excludes halogenated alkanes) is 1. The zero-order chi connectivity index (χ0) is 24.7. The fraction of sp³-hybridized carbons (Fsp3) is 0.138. The van der Waals surface area contributed by atoms with Crippen molar-refractivity contribution in [3.8, 4) is 47.5 Å². The van der Waals surface area contributed by atoms with Crippen molar-refractivity contribution in [3.05, 3.63) is 110 Å². The van der Waals surface area contributed by atoms with Gasteiger partial charge in [0.15, 0.2) is 0 Å². The van der Waals surface area contributed by atoms with Crippen LogP contribution >= 0.6 is 0 Å². The second-order valence-corrected chi connectivity index (χ2v) is 6.37. The molecule has 0 atom stereocenters. The van der Waals surface area contributed by atoms with Gasteiger partial charge in [-0.1, -0.05) is 24.3 Å². The number of hydrogen-bond donors (Lipinski definition) is 0. The molecular weight excluding hydrogens is 519 g/mol. The van der Waals surface area contributed by atoms with Crippen LogP contribution in [-0.2, 0) is 19.5 Å². The van der Waals surface area contributed by atoms with Crippen molar-refractivity contribution in [2.45, 2.75) is 19.3 Å². The van der Waals surface area contributed by atoms with E-state index in [4.69, 9.17) is 18.6 Å². The Morgan fingerprint density at radius 3 is 1.03 bits per heavy atom. The van der Waals surface area contributed by atoms with E-state index < -0.39 is 0 Å². The van der Waals surface area contributed by atoms with Gasteiger partial charge in [-0.25, -0.2) is 0 Å². The molecule has 0 aliphatic carbocycles. The van der Waals surface area contributed by atoms with Crippen LogP contribution in [0.5, 0.6) is 0 Å². The first kappa shape index (κ1) is 31.3. The molecule has 176 valence electrons. The molecule has 1 N–H and O–H groups in total. The van der Waals surface area contributed by atoms with Crippen molar-refractivity contribution in [1.29, 1.82) is 0 Å². The molecule has 4 aromatic rings. The number of aromatic nitrogens is 4. The number of nitrogens with one attached hydrogen (secondary N) is 1. The van der Waals surface area contributed by atoms with Gasteiger partial charge in [-0.05, 0) is 61.4 Å². The number of rotatable bonds is 4. The summed E-state index contributed by atoms with van der Waals surface area (Å²) in [6, 6.07) is 23.2. The molecule has 4 rings (SSSR count). The first-order chi connectivity index (χ1) is 16.8. The summed E-state index contributed by atoms with van der Waals surface area (Å²) in [4.78, 5) is 16.7. The van der Waals surface area contributed by atoms with Gasteiger partial charge in [0.25, 0.3) is 0 Å². The first-order valence-electron chi connectivity index (χ1n) is 10.7. The number of hydrogen-bond acceptors (Lipinski definition) is 4. The second-order valence-electron chi connectivity index (χ2n) is 6.37. The van der Waals surface area contributed by atoms with Crippen LogP contribution in [0.25, 0.3) is 28.5 Å². The Morgan fingerprint density at radius 2 is 0.914 bits per heavy atom. The van der Waals surface area contributed by atoms with E-state index in [9.17, 15) is 0 Å².